The molecule has 0 aliphatic carbocycles. The SMILES string of the molecule is Cn1c(SCCCCl)nnc1-c1cnc(C(N)=O)cn1. The summed E-state index contributed by atoms with van der Waals surface area (Å²) < 4.78 is 1.83. The monoisotopic (exact) mass is 312 g/mol. The van der Waals surface area contributed by atoms with E-state index in [1.54, 1.807) is 11.8 Å². The highest BCUT2D eigenvalue weighted by Gasteiger charge is 2.13. The quantitative estimate of drug-likeness (QED) is 0.487. The third-order valence-corrected chi connectivity index (χ3v) is 3.85. The molecule has 2 aromatic heterocycles. The maximum Gasteiger partial charge on any atom is 0.268 e. The standard InChI is InChI=1S/C11H13ClN6OS/c1-18-10(16-17-11(18)20-4-2-3-12)8-6-14-7(5-15-8)9(13)19/h5-6H,2-4H2,1H3,(H2,13,19). The predicted octanol–water partition coefficient (Wildman–Crippen LogP) is 1.09. The van der Waals surface area contributed by atoms with Gasteiger partial charge >= 0.3 is 0 Å². The highest BCUT2D eigenvalue weighted by atomic mass is 35.5. The third kappa shape index (κ3) is 3.26. The summed E-state index contributed by atoms with van der Waals surface area (Å²) in [6.45, 7) is 0. The fraction of sp³-hybridized carbons (Fsp3) is 0.364. The zero-order valence-corrected chi connectivity index (χ0v) is 12.4. The number of hydrogen-bond acceptors (Lipinski definition) is 6. The van der Waals surface area contributed by atoms with Crippen LogP contribution in [0, 0.1) is 0 Å². The van der Waals surface area contributed by atoms with E-state index in [1.807, 2.05) is 11.6 Å². The Labute approximate surface area is 125 Å². The van der Waals surface area contributed by atoms with Crippen LogP contribution in [0.25, 0.3) is 11.5 Å². The molecule has 2 N–H and O–H groups in total. The number of rotatable bonds is 6. The van der Waals surface area contributed by atoms with Crippen molar-refractivity contribution in [3.8, 4) is 11.5 Å². The van der Waals surface area contributed by atoms with Gasteiger partial charge in [-0.1, -0.05) is 11.8 Å². The van der Waals surface area contributed by atoms with Crippen molar-refractivity contribution in [2.45, 2.75) is 11.6 Å². The number of nitrogens with zero attached hydrogens (tertiary/aromatic N) is 5. The van der Waals surface area contributed by atoms with E-state index in [2.05, 4.69) is 20.2 Å². The van der Waals surface area contributed by atoms with Crippen LogP contribution in [0.15, 0.2) is 17.6 Å². The van der Waals surface area contributed by atoms with Crippen LogP contribution >= 0.6 is 23.4 Å². The molecule has 2 heterocycles. The highest BCUT2D eigenvalue weighted by Crippen LogP contribution is 2.21. The van der Waals surface area contributed by atoms with E-state index < -0.39 is 5.91 Å². The Morgan fingerprint density at radius 2 is 2.20 bits per heavy atom. The van der Waals surface area contributed by atoms with Crippen LogP contribution in [0.4, 0.5) is 0 Å². The lowest BCUT2D eigenvalue weighted by Gasteiger charge is -2.03. The van der Waals surface area contributed by atoms with Crippen molar-refractivity contribution in [2.24, 2.45) is 12.8 Å². The number of nitrogens with two attached hydrogens (primary N) is 1. The van der Waals surface area contributed by atoms with Crippen LogP contribution < -0.4 is 5.73 Å². The Kier molecular flexibility index (Phi) is 4.91. The van der Waals surface area contributed by atoms with Gasteiger partial charge in [-0.2, -0.15) is 0 Å². The molecular formula is C11H13ClN6OS. The molecule has 0 aliphatic heterocycles. The molecule has 9 heteroatoms. The van der Waals surface area contributed by atoms with Gasteiger partial charge in [0, 0.05) is 18.7 Å². The zero-order chi connectivity index (χ0) is 14.5. The summed E-state index contributed by atoms with van der Waals surface area (Å²) in [5, 5.41) is 8.96. The van der Waals surface area contributed by atoms with E-state index >= 15 is 0 Å². The smallest absolute Gasteiger partial charge is 0.268 e. The van der Waals surface area contributed by atoms with E-state index in [4.69, 9.17) is 17.3 Å². The van der Waals surface area contributed by atoms with Crippen molar-refractivity contribution >= 4 is 29.3 Å². The van der Waals surface area contributed by atoms with Crippen molar-refractivity contribution in [1.82, 2.24) is 24.7 Å². The summed E-state index contributed by atoms with van der Waals surface area (Å²) in [5.74, 6) is 1.47. The second-order valence-electron chi connectivity index (χ2n) is 3.91. The number of aromatic nitrogens is 5. The van der Waals surface area contributed by atoms with E-state index in [9.17, 15) is 4.79 Å². The minimum absolute atomic E-state index is 0.118. The molecule has 0 aliphatic rings. The Morgan fingerprint density at radius 3 is 2.80 bits per heavy atom. The zero-order valence-electron chi connectivity index (χ0n) is 10.8. The molecule has 0 radical (unpaired) electrons. The van der Waals surface area contributed by atoms with Gasteiger partial charge in [0.15, 0.2) is 11.0 Å². The van der Waals surface area contributed by atoms with E-state index in [-0.39, 0.29) is 5.69 Å². The minimum Gasteiger partial charge on any atom is -0.364 e. The van der Waals surface area contributed by atoms with Crippen molar-refractivity contribution in [3.05, 3.63) is 18.1 Å². The summed E-state index contributed by atoms with van der Waals surface area (Å²) in [6, 6.07) is 0. The lowest BCUT2D eigenvalue weighted by molar-refractivity contribution is 0.0995. The highest BCUT2D eigenvalue weighted by molar-refractivity contribution is 7.99. The number of halogens is 1. The van der Waals surface area contributed by atoms with Crippen LogP contribution in [0.1, 0.15) is 16.9 Å². The summed E-state index contributed by atoms with van der Waals surface area (Å²) >= 11 is 7.21. The second-order valence-corrected chi connectivity index (χ2v) is 5.35. The number of carbonyl (C=O) groups excluding carboxylic acids is 1. The van der Waals surface area contributed by atoms with Gasteiger partial charge < -0.3 is 10.3 Å². The number of amides is 1. The number of primary amides is 1. The molecule has 0 atom stereocenters. The van der Waals surface area contributed by atoms with Crippen LogP contribution in [-0.2, 0) is 7.05 Å². The summed E-state index contributed by atoms with van der Waals surface area (Å²) in [6.07, 6.45) is 3.69. The molecule has 0 saturated heterocycles. The van der Waals surface area contributed by atoms with E-state index in [0.29, 0.717) is 17.4 Å². The largest absolute Gasteiger partial charge is 0.364 e. The molecule has 0 unspecified atom stereocenters. The Balaban J connectivity index is 2.18. The first kappa shape index (κ1) is 14.7. The number of carbonyl (C=O) groups is 1. The molecule has 2 aromatic rings. The molecule has 0 bridgehead atoms. The summed E-state index contributed by atoms with van der Waals surface area (Å²) in [5.41, 5.74) is 5.77. The number of alkyl halides is 1. The first-order valence-electron chi connectivity index (χ1n) is 5.84. The van der Waals surface area contributed by atoms with Gasteiger partial charge in [-0.3, -0.25) is 4.79 Å². The molecule has 2 rings (SSSR count). The molecule has 0 fully saturated rings. The molecule has 20 heavy (non-hydrogen) atoms. The lowest BCUT2D eigenvalue weighted by atomic mass is 10.4. The molecule has 7 nitrogen and oxygen atoms in total. The molecule has 0 spiro atoms. The molecular weight excluding hydrogens is 300 g/mol. The van der Waals surface area contributed by atoms with Crippen LogP contribution in [0.5, 0.6) is 0 Å². The van der Waals surface area contributed by atoms with Crippen LogP contribution in [0.2, 0.25) is 0 Å². The second kappa shape index (κ2) is 6.67. The average Bonchev–Trinajstić information content (AvgIpc) is 2.81. The maximum absolute atomic E-state index is 10.9. The van der Waals surface area contributed by atoms with Crippen molar-refractivity contribution in [1.29, 1.82) is 0 Å². The fourth-order valence-corrected chi connectivity index (χ4v) is 2.59. The van der Waals surface area contributed by atoms with Crippen LogP contribution in [0.3, 0.4) is 0 Å². The Hall–Kier alpha value is -1.67. The van der Waals surface area contributed by atoms with Gasteiger partial charge in [-0.25, -0.2) is 9.97 Å². The van der Waals surface area contributed by atoms with E-state index in [0.717, 1.165) is 17.3 Å². The van der Waals surface area contributed by atoms with E-state index in [1.165, 1.54) is 12.4 Å². The number of hydrogen-bond donors (Lipinski definition) is 1. The van der Waals surface area contributed by atoms with Gasteiger partial charge in [0.25, 0.3) is 5.91 Å². The van der Waals surface area contributed by atoms with Gasteiger partial charge in [-0.15, -0.1) is 21.8 Å². The Bertz CT molecular complexity index is 599. The Morgan fingerprint density at radius 1 is 1.40 bits per heavy atom. The van der Waals surface area contributed by atoms with Gasteiger partial charge in [0.05, 0.1) is 12.4 Å². The van der Waals surface area contributed by atoms with Crippen LogP contribution in [-0.4, -0.2) is 42.3 Å². The minimum atomic E-state index is -0.612. The molecule has 1 amide bonds. The summed E-state index contributed by atoms with van der Waals surface area (Å²) in [7, 11) is 1.85. The van der Waals surface area contributed by atoms with Gasteiger partial charge in [0.2, 0.25) is 0 Å². The summed E-state index contributed by atoms with van der Waals surface area (Å²) in [4.78, 5) is 19.0. The third-order valence-electron chi connectivity index (χ3n) is 2.48. The van der Waals surface area contributed by atoms with Gasteiger partial charge in [-0.05, 0) is 6.42 Å². The first-order valence-corrected chi connectivity index (χ1v) is 7.36. The maximum atomic E-state index is 10.9. The van der Waals surface area contributed by atoms with Crippen molar-refractivity contribution in [3.63, 3.8) is 0 Å². The average molecular weight is 313 g/mol. The topological polar surface area (TPSA) is 99.6 Å². The molecule has 0 saturated carbocycles. The predicted molar refractivity (Wildman–Crippen MR) is 76.6 cm³/mol. The first-order chi connectivity index (χ1) is 9.63. The van der Waals surface area contributed by atoms with Crippen molar-refractivity contribution < 1.29 is 4.79 Å². The molecule has 0 aromatic carbocycles. The number of thioether (sulfide) groups is 1. The normalized spacial score (nSPS) is 10.7. The van der Waals surface area contributed by atoms with Crippen molar-refractivity contribution in [2.75, 3.05) is 11.6 Å². The lowest BCUT2D eigenvalue weighted by Crippen LogP contribution is -2.13. The van der Waals surface area contributed by atoms with Gasteiger partial charge in [0.1, 0.15) is 11.4 Å². The molecule has 106 valence electrons. The fourth-order valence-electron chi connectivity index (χ4n) is 1.45.